The Hall–Kier alpha value is -1.85. The van der Waals surface area contributed by atoms with Crippen LogP contribution < -0.4 is 11.1 Å². The van der Waals surface area contributed by atoms with Gasteiger partial charge < -0.3 is 11.1 Å². The molecule has 3 N–H and O–H groups in total. The number of aromatic nitrogens is 1. The molecule has 1 saturated carbocycles. The van der Waals surface area contributed by atoms with Gasteiger partial charge in [-0.3, -0.25) is 10.1 Å². The molecule has 0 aromatic carbocycles. The number of nitrogens with one attached hydrogen (secondary N) is 1. The molecule has 0 spiro atoms. The van der Waals surface area contributed by atoms with Crippen LogP contribution in [0.15, 0.2) is 12.1 Å². The summed E-state index contributed by atoms with van der Waals surface area (Å²) in [6.07, 6.45) is 3.75. The summed E-state index contributed by atoms with van der Waals surface area (Å²) < 4.78 is 0. The van der Waals surface area contributed by atoms with Gasteiger partial charge in [-0.2, -0.15) is 0 Å². The highest BCUT2D eigenvalue weighted by Crippen LogP contribution is 2.31. The molecule has 1 heterocycles. The molecule has 1 aromatic rings. The molecule has 1 unspecified atom stereocenters. The van der Waals surface area contributed by atoms with Crippen LogP contribution >= 0.6 is 0 Å². The first-order valence-electron chi connectivity index (χ1n) is 5.75. The van der Waals surface area contributed by atoms with E-state index in [1.165, 1.54) is 25.3 Å². The topological polar surface area (TPSA) is 94.1 Å². The average molecular weight is 236 g/mol. The van der Waals surface area contributed by atoms with Gasteiger partial charge in [0.25, 0.3) is 0 Å². The molecule has 92 valence electrons. The van der Waals surface area contributed by atoms with E-state index in [4.69, 9.17) is 5.73 Å². The van der Waals surface area contributed by atoms with Gasteiger partial charge >= 0.3 is 5.69 Å². The first-order valence-corrected chi connectivity index (χ1v) is 5.75. The van der Waals surface area contributed by atoms with Gasteiger partial charge in [-0.15, -0.1) is 0 Å². The standard InChI is InChI=1S/C11H16N4O2/c1-7(8-3-2-4-8)13-10-6-5-9(15(16)17)11(12)14-10/h5-8H,2-4H2,1H3,(H3,12,13,14). The summed E-state index contributed by atoms with van der Waals surface area (Å²) in [5.41, 5.74) is 5.38. The third kappa shape index (κ3) is 2.46. The van der Waals surface area contributed by atoms with Gasteiger partial charge in [-0.25, -0.2) is 4.98 Å². The van der Waals surface area contributed by atoms with Crippen molar-refractivity contribution in [1.29, 1.82) is 0 Å². The quantitative estimate of drug-likeness (QED) is 0.617. The number of pyridine rings is 1. The number of hydrogen-bond donors (Lipinski definition) is 2. The molecule has 17 heavy (non-hydrogen) atoms. The SMILES string of the molecule is CC(Nc1ccc([N+](=O)[O-])c(N)n1)C1CCC1. The number of anilines is 2. The Kier molecular flexibility index (Phi) is 3.12. The van der Waals surface area contributed by atoms with Gasteiger partial charge in [0.2, 0.25) is 5.82 Å². The van der Waals surface area contributed by atoms with Gasteiger partial charge in [-0.1, -0.05) is 6.42 Å². The van der Waals surface area contributed by atoms with Crippen LogP contribution in [0.2, 0.25) is 0 Å². The number of nitrogens with two attached hydrogens (primary N) is 1. The Labute approximate surface area is 99.4 Å². The van der Waals surface area contributed by atoms with Gasteiger partial charge in [0.05, 0.1) is 4.92 Å². The summed E-state index contributed by atoms with van der Waals surface area (Å²) in [5, 5.41) is 13.8. The number of nitrogen functional groups attached to an aromatic ring is 1. The summed E-state index contributed by atoms with van der Waals surface area (Å²) in [6, 6.07) is 3.32. The maximum atomic E-state index is 10.6. The van der Waals surface area contributed by atoms with Gasteiger partial charge in [-0.05, 0) is 31.7 Å². The molecule has 0 aliphatic heterocycles. The second-order valence-corrected chi connectivity index (χ2v) is 4.48. The van der Waals surface area contributed by atoms with Crippen LogP contribution in [0.25, 0.3) is 0 Å². The van der Waals surface area contributed by atoms with Crippen LogP contribution in [0.4, 0.5) is 17.3 Å². The molecule has 1 fully saturated rings. The molecule has 0 amide bonds. The van der Waals surface area contributed by atoms with Crippen molar-refractivity contribution >= 4 is 17.3 Å². The summed E-state index contributed by atoms with van der Waals surface area (Å²) in [7, 11) is 0. The van der Waals surface area contributed by atoms with E-state index in [9.17, 15) is 10.1 Å². The number of nitro groups is 1. The number of nitrogens with zero attached hydrogens (tertiary/aromatic N) is 2. The van der Waals surface area contributed by atoms with Crippen LogP contribution in [-0.2, 0) is 0 Å². The zero-order valence-corrected chi connectivity index (χ0v) is 9.72. The minimum Gasteiger partial charge on any atom is -0.378 e. The van der Waals surface area contributed by atoms with Crippen molar-refractivity contribution in [3.63, 3.8) is 0 Å². The fraction of sp³-hybridized carbons (Fsp3) is 0.545. The molecule has 6 nitrogen and oxygen atoms in total. The lowest BCUT2D eigenvalue weighted by Crippen LogP contribution is -2.31. The minimum absolute atomic E-state index is 0.0409. The predicted molar refractivity (Wildman–Crippen MR) is 65.7 cm³/mol. The smallest absolute Gasteiger partial charge is 0.311 e. The van der Waals surface area contributed by atoms with Crippen molar-refractivity contribution in [2.75, 3.05) is 11.1 Å². The Balaban J connectivity index is 2.06. The summed E-state index contributed by atoms with van der Waals surface area (Å²) >= 11 is 0. The summed E-state index contributed by atoms with van der Waals surface area (Å²) in [5.74, 6) is 1.24. The fourth-order valence-electron chi connectivity index (χ4n) is 1.99. The van der Waals surface area contributed by atoms with E-state index < -0.39 is 4.92 Å². The molecule has 2 rings (SSSR count). The fourth-order valence-corrected chi connectivity index (χ4v) is 1.99. The number of hydrogen-bond acceptors (Lipinski definition) is 5. The van der Waals surface area contributed by atoms with Gasteiger partial charge in [0, 0.05) is 12.1 Å². The Bertz CT molecular complexity index is 431. The average Bonchev–Trinajstić information content (AvgIpc) is 2.13. The maximum Gasteiger partial charge on any atom is 0.311 e. The Morgan fingerprint density at radius 3 is 2.76 bits per heavy atom. The van der Waals surface area contributed by atoms with Gasteiger partial charge in [0.15, 0.2) is 0 Å². The van der Waals surface area contributed by atoms with E-state index in [0.717, 1.165) is 0 Å². The number of rotatable bonds is 4. The van der Waals surface area contributed by atoms with Crippen LogP contribution in [0.5, 0.6) is 0 Å². The van der Waals surface area contributed by atoms with Crippen LogP contribution in [0, 0.1) is 16.0 Å². The first kappa shape index (κ1) is 11.6. The molecule has 0 bridgehead atoms. The van der Waals surface area contributed by atoms with E-state index in [-0.39, 0.29) is 11.5 Å². The first-order chi connectivity index (χ1) is 8.08. The third-order valence-electron chi connectivity index (χ3n) is 3.33. The Morgan fingerprint density at radius 2 is 2.29 bits per heavy atom. The second-order valence-electron chi connectivity index (χ2n) is 4.48. The van der Waals surface area contributed by atoms with Crippen molar-refractivity contribution in [2.24, 2.45) is 5.92 Å². The zero-order valence-electron chi connectivity index (χ0n) is 9.72. The molecule has 1 aromatic heterocycles. The van der Waals surface area contributed by atoms with Crippen molar-refractivity contribution in [1.82, 2.24) is 4.98 Å². The molecule has 6 heteroatoms. The van der Waals surface area contributed by atoms with E-state index >= 15 is 0 Å². The zero-order chi connectivity index (χ0) is 12.4. The van der Waals surface area contributed by atoms with E-state index in [1.807, 2.05) is 0 Å². The molecular formula is C11H16N4O2. The lowest BCUT2D eigenvalue weighted by atomic mass is 9.80. The van der Waals surface area contributed by atoms with Crippen molar-refractivity contribution in [3.05, 3.63) is 22.2 Å². The van der Waals surface area contributed by atoms with Crippen molar-refractivity contribution < 1.29 is 4.92 Å². The largest absolute Gasteiger partial charge is 0.378 e. The van der Waals surface area contributed by atoms with Crippen LogP contribution in [0.3, 0.4) is 0 Å². The highest BCUT2D eigenvalue weighted by Gasteiger charge is 2.24. The van der Waals surface area contributed by atoms with Crippen LogP contribution in [-0.4, -0.2) is 15.9 Å². The highest BCUT2D eigenvalue weighted by atomic mass is 16.6. The van der Waals surface area contributed by atoms with Crippen LogP contribution in [0.1, 0.15) is 26.2 Å². The highest BCUT2D eigenvalue weighted by molar-refractivity contribution is 5.57. The van der Waals surface area contributed by atoms with E-state index in [0.29, 0.717) is 17.8 Å². The van der Waals surface area contributed by atoms with Crippen molar-refractivity contribution in [2.45, 2.75) is 32.2 Å². The lowest BCUT2D eigenvalue weighted by Gasteiger charge is -2.32. The molecule has 1 atom stereocenters. The lowest BCUT2D eigenvalue weighted by molar-refractivity contribution is -0.384. The molecule has 1 aliphatic carbocycles. The van der Waals surface area contributed by atoms with Gasteiger partial charge in [0.1, 0.15) is 5.82 Å². The predicted octanol–water partition coefficient (Wildman–Crippen LogP) is 2.17. The van der Waals surface area contributed by atoms with E-state index in [2.05, 4.69) is 17.2 Å². The Morgan fingerprint density at radius 1 is 1.59 bits per heavy atom. The van der Waals surface area contributed by atoms with Crippen molar-refractivity contribution in [3.8, 4) is 0 Å². The minimum atomic E-state index is -0.526. The molecule has 0 radical (unpaired) electrons. The molecule has 1 aliphatic rings. The molecule has 0 saturated heterocycles. The third-order valence-corrected chi connectivity index (χ3v) is 3.33. The monoisotopic (exact) mass is 236 g/mol. The second kappa shape index (κ2) is 4.57. The van der Waals surface area contributed by atoms with E-state index in [1.54, 1.807) is 6.07 Å². The molecular weight excluding hydrogens is 220 g/mol. The maximum absolute atomic E-state index is 10.6. The summed E-state index contributed by atoms with van der Waals surface area (Å²) in [4.78, 5) is 14.1. The normalized spacial score (nSPS) is 17.2. The summed E-state index contributed by atoms with van der Waals surface area (Å²) in [6.45, 7) is 2.10.